The lowest BCUT2D eigenvalue weighted by atomic mass is 9.71. The summed E-state index contributed by atoms with van der Waals surface area (Å²) in [5.41, 5.74) is 0.742. The van der Waals surface area contributed by atoms with E-state index >= 15 is 0 Å². The lowest BCUT2D eigenvalue weighted by Gasteiger charge is -2.35. The first-order valence-corrected chi connectivity index (χ1v) is 5.39. The van der Waals surface area contributed by atoms with E-state index in [-0.39, 0.29) is 5.41 Å². The van der Waals surface area contributed by atoms with Gasteiger partial charge < -0.3 is 0 Å². The van der Waals surface area contributed by atoms with Crippen LogP contribution < -0.4 is 0 Å². The predicted molar refractivity (Wildman–Crippen MR) is 61.8 cm³/mol. The average Bonchev–Trinajstić information content (AvgIpc) is 2.04. The lowest BCUT2D eigenvalue weighted by molar-refractivity contribution is 0.189. The van der Waals surface area contributed by atoms with Crippen LogP contribution in [0.1, 0.15) is 54.4 Å². The van der Waals surface area contributed by atoms with Gasteiger partial charge in [-0.2, -0.15) is 0 Å². The van der Waals surface area contributed by atoms with Crippen LogP contribution in [0.3, 0.4) is 0 Å². The van der Waals surface area contributed by atoms with Crippen LogP contribution >= 0.6 is 0 Å². The zero-order valence-electron chi connectivity index (χ0n) is 10.3. The summed E-state index contributed by atoms with van der Waals surface area (Å²) in [7, 11) is 0. The van der Waals surface area contributed by atoms with Crippen LogP contribution in [0, 0.1) is 16.7 Å². The predicted octanol–water partition coefficient (Wildman–Crippen LogP) is 4.66. The van der Waals surface area contributed by atoms with Crippen molar-refractivity contribution in [2.45, 2.75) is 54.4 Å². The van der Waals surface area contributed by atoms with Gasteiger partial charge in [0, 0.05) is 0 Å². The average molecular weight is 182 g/mol. The van der Waals surface area contributed by atoms with Crippen LogP contribution in [0.5, 0.6) is 0 Å². The molecule has 0 bridgehead atoms. The van der Waals surface area contributed by atoms with E-state index in [2.05, 4.69) is 54.2 Å². The second-order valence-electron chi connectivity index (χ2n) is 5.65. The summed E-state index contributed by atoms with van der Waals surface area (Å²) in [4.78, 5) is 0. The minimum Gasteiger partial charge on any atom is -0.103 e. The highest BCUT2D eigenvalue weighted by molar-refractivity contribution is 4.92. The number of rotatable bonds is 5. The van der Waals surface area contributed by atoms with Gasteiger partial charge in [0.2, 0.25) is 0 Å². The van der Waals surface area contributed by atoms with Crippen molar-refractivity contribution in [1.29, 1.82) is 0 Å². The van der Waals surface area contributed by atoms with Crippen molar-refractivity contribution in [3.05, 3.63) is 12.7 Å². The Kier molecular flexibility index (Phi) is 4.22. The number of allylic oxidation sites excluding steroid dienone is 1. The Morgan fingerprint density at radius 3 is 2.00 bits per heavy atom. The monoisotopic (exact) mass is 182 g/mol. The van der Waals surface area contributed by atoms with E-state index < -0.39 is 0 Å². The summed E-state index contributed by atoms with van der Waals surface area (Å²) in [5, 5.41) is 0. The molecule has 13 heavy (non-hydrogen) atoms. The largest absolute Gasteiger partial charge is 0.103 e. The Hall–Kier alpha value is -0.260. The molecule has 0 nitrogen and oxygen atoms in total. The summed E-state index contributed by atoms with van der Waals surface area (Å²) in [6.07, 6.45) is 4.62. The molecular weight excluding hydrogens is 156 g/mol. The van der Waals surface area contributed by atoms with Gasteiger partial charge in [-0.1, -0.05) is 54.0 Å². The van der Waals surface area contributed by atoms with Gasteiger partial charge in [-0.3, -0.25) is 0 Å². The van der Waals surface area contributed by atoms with E-state index in [1.807, 2.05) is 0 Å². The molecule has 0 aliphatic heterocycles. The topological polar surface area (TPSA) is 0 Å². The number of hydrogen-bond acceptors (Lipinski definition) is 0. The zero-order valence-corrected chi connectivity index (χ0v) is 10.3. The van der Waals surface area contributed by atoms with Crippen molar-refractivity contribution in [3.63, 3.8) is 0 Å². The van der Waals surface area contributed by atoms with Crippen molar-refractivity contribution in [3.8, 4) is 0 Å². The third-order valence-corrected chi connectivity index (χ3v) is 3.61. The second-order valence-corrected chi connectivity index (χ2v) is 5.65. The summed E-state index contributed by atoms with van der Waals surface area (Å²) in [6, 6.07) is 0. The third-order valence-electron chi connectivity index (χ3n) is 3.61. The molecule has 0 fully saturated rings. The highest BCUT2D eigenvalue weighted by atomic mass is 14.3. The Labute approximate surface area is 84.4 Å². The van der Waals surface area contributed by atoms with Crippen LogP contribution in [-0.2, 0) is 0 Å². The molecule has 0 rings (SSSR count). The van der Waals surface area contributed by atoms with Gasteiger partial charge in [0.05, 0.1) is 0 Å². The summed E-state index contributed by atoms with van der Waals surface area (Å²) in [6.45, 7) is 17.8. The van der Waals surface area contributed by atoms with E-state index in [4.69, 9.17) is 0 Å². The molecule has 0 aliphatic carbocycles. The molecule has 0 heterocycles. The molecule has 0 spiro atoms. The minimum absolute atomic E-state index is 0.270. The highest BCUT2D eigenvalue weighted by Gasteiger charge is 2.27. The van der Waals surface area contributed by atoms with E-state index in [0.717, 1.165) is 0 Å². The minimum atomic E-state index is 0.270. The van der Waals surface area contributed by atoms with E-state index in [0.29, 0.717) is 11.3 Å². The van der Waals surface area contributed by atoms with Crippen molar-refractivity contribution in [2.75, 3.05) is 0 Å². The van der Waals surface area contributed by atoms with Crippen molar-refractivity contribution >= 4 is 0 Å². The molecule has 0 aliphatic rings. The molecule has 1 unspecified atom stereocenters. The molecule has 0 aromatic carbocycles. The van der Waals surface area contributed by atoms with Crippen LogP contribution in [0.4, 0.5) is 0 Å². The van der Waals surface area contributed by atoms with Crippen LogP contribution in [0.15, 0.2) is 12.7 Å². The summed E-state index contributed by atoms with van der Waals surface area (Å²) < 4.78 is 0. The van der Waals surface area contributed by atoms with Crippen molar-refractivity contribution in [2.24, 2.45) is 16.7 Å². The Balaban J connectivity index is 4.30. The fourth-order valence-corrected chi connectivity index (χ4v) is 1.44. The Morgan fingerprint density at radius 1 is 1.23 bits per heavy atom. The quantitative estimate of drug-likeness (QED) is 0.542. The standard InChI is InChI=1S/C13H26/c1-8-12(4,5)10-11(3)13(6,7)9-2/h9,11H,2,8,10H2,1,3-7H3. The Bertz CT molecular complexity index is 163. The Morgan fingerprint density at radius 2 is 1.69 bits per heavy atom. The smallest absolute Gasteiger partial charge is 0.0152 e. The molecular formula is C13H26. The molecule has 0 N–H and O–H groups in total. The molecule has 0 aromatic rings. The van der Waals surface area contributed by atoms with E-state index in [1.165, 1.54) is 12.8 Å². The van der Waals surface area contributed by atoms with Gasteiger partial charge in [0.25, 0.3) is 0 Å². The lowest BCUT2D eigenvalue weighted by Crippen LogP contribution is -2.25. The zero-order chi connectivity index (χ0) is 10.7. The normalized spacial score (nSPS) is 15.5. The van der Waals surface area contributed by atoms with Gasteiger partial charge in [0.15, 0.2) is 0 Å². The molecule has 78 valence electrons. The molecule has 0 heteroatoms. The maximum absolute atomic E-state index is 3.91. The molecule has 1 atom stereocenters. The molecule has 0 saturated heterocycles. The third kappa shape index (κ3) is 3.97. The first-order valence-electron chi connectivity index (χ1n) is 5.39. The van der Waals surface area contributed by atoms with Crippen LogP contribution in [0.25, 0.3) is 0 Å². The van der Waals surface area contributed by atoms with Gasteiger partial charge in [-0.05, 0) is 23.2 Å². The molecule has 0 saturated carbocycles. The van der Waals surface area contributed by atoms with E-state index in [1.54, 1.807) is 0 Å². The van der Waals surface area contributed by atoms with Gasteiger partial charge in [0.1, 0.15) is 0 Å². The molecule has 0 aromatic heterocycles. The fraction of sp³-hybridized carbons (Fsp3) is 0.846. The highest BCUT2D eigenvalue weighted by Crippen LogP contribution is 2.38. The fourth-order valence-electron chi connectivity index (χ4n) is 1.44. The van der Waals surface area contributed by atoms with Gasteiger partial charge in [-0.25, -0.2) is 0 Å². The SMILES string of the molecule is C=CC(C)(C)C(C)CC(C)(C)CC. The maximum Gasteiger partial charge on any atom is -0.0152 e. The second kappa shape index (κ2) is 4.30. The number of hydrogen-bond donors (Lipinski definition) is 0. The van der Waals surface area contributed by atoms with Gasteiger partial charge in [-0.15, -0.1) is 6.58 Å². The van der Waals surface area contributed by atoms with E-state index in [9.17, 15) is 0 Å². The van der Waals surface area contributed by atoms with Crippen LogP contribution in [0.2, 0.25) is 0 Å². The van der Waals surface area contributed by atoms with Crippen molar-refractivity contribution in [1.82, 2.24) is 0 Å². The molecule has 0 amide bonds. The summed E-state index contributed by atoms with van der Waals surface area (Å²) in [5.74, 6) is 0.708. The maximum atomic E-state index is 3.91. The first kappa shape index (κ1) is 12.7. The summed E-state index contributed by atoms with van der Waals surface area (Å²) >= 11 is 0. The van der Waals surface area contributed by atoms with Crippen LogP contribution in [-0.4, -0.2) is 0 Å². The van der Waals surface area contributed by atoms with Gasteiger partial charge >= 0.3 is 0 Å². The molecule has 0 radical (unpaired) electrons. The van der Waals surface area contributed by atoms with Crippen molar-refractivity contribution < 1.29 is 0 Å². The first-order chi connectivity index (χ1) is 5.75.